The number of aliphatic carboxylic acids is 1. The number of rotatable bonds is 10. The third-order valence-corrected chi connectivity index (χ3v) is 3.72. The summed E-state index contributed by atoms with van der Waals surface area (Å²) in [6.45, 7) is 13.5. The second-order valence-electron chi connectivity index (χ2n) is 6.53. The summed E-state index contributed by atoms with van der Waals surface area (Å²) in [5.74, 6) is -0.118. The highest BCUT2D eigenvalue weighted by atomic mass is 16.4. The maximum Gasteiger partial charge on any atom is 0.323 e. The van der Waals surface area contributed by atoms with Crippen LogP contribution in [0.25, 0.3) is 0 Å². The first-order valence-electron chi connectivity index (χ1n) is 7.94. The summed E-state index contributed by atoms with van der Waals surface area (Å²) in [6.07, 6.45) is 0.918. The van der Waals surface area contributed by atoms with Crippen molar-refractivity contribution in [1.82, 2.24) is 10.2 Å². The van der Waals surface area contributed by atoms with E-state index < -0.39 is 11.5 Å². The van der Waals surface area contributed by atoms with Crippen molar-refractivity contribution in [1.29, 1.82) is 0 Å². The monoisotopic (exact) mass is 300 g/mol. The van der Waals surface area contributed by atoms with Gasteiger partial charge < -0.3 is 10.0 Å². The SMILES string of the molecule is CCC(CC)(NCC(=O)N(CC(C)C)CC(C)C)C(=O)O. The molecule has 0 rings (SSSR count). The topological polar surface area (TPSA) is 69.6 Å². The van der Waals surface area contributed by atoms with E-state index in [0.717, 1.165) is 0 Å². The van der Waals surface area contributed by atoms with E-state index in [4.69, 9.17) is 0 Å². The highest BCUT2D eigenvalue weighted by molar-refractivity contribution is 5.82. The molecule has 0 fully saturated rings. The van der Waals surface area contributed by atoms with Crippen LogP contribution in [0.4, 0.5) is 0 Å². The van der Waals surface area contributed by atoms with E-state index in [1.54, 1.807) is 0 Å². The van der Waals surface area contributed by atoms with E-state index in [1.807, 2.05) is 18.7 Å². The van der Waals surface area contributed by atoms with E-state index >= 15 is 0 Å². The summed E-state index contributed by atoms with van der Waals surface area (Å²) >= 11 is 0. The largest absolute Gasteiger partial charge is 0.480 e. The van der Waals surface area contributed by atoms with Crippen molar-refractivity contribution in [2.45, 2.75) is 59.9 Å². The molecule has 0 aliphatic carbocycles. The van der Waals surface area contributed by atoms with Crippen molar-refractivity contribution in [2.24, 2.45) is 11.8 Å². The van der Waals surface area contributed by atoms with Gasteiger partial charge in [-0.3, -0.25) is 14.9 Å². The molecule has 0 saturated heterocycles. The van der Waals surface area contributed by atoms with Crippen LogP contribution in [0.1, 0.15) is 54.4 Å². The predicted octanol–water partition coefficient (Wildman–Crippen LogP) is 2.36. The molecule has 0 aromatic heterocycles. The minimum atomic E-state index is -1.00. The average Bonchev–Trinajstić information content (AvgIpc) is 2.38. The van der Waals surface area contributed by atoms with E-state index in [1.165, 1.54) is 0 Å². The molecule has 0 radical (unpaired) electrons. The van der Waals surface area contributed by atoms with Gasteiger partial charge in [-0.1, -0.05) is 41.5 Å². The van der Waals surface area contributed by atoms with Crippen LogP contribution < -0.4 is 5.32 Å². The Hall–Kier alpha value is -1.10. The summed E-state index contributed by atoms with van der Waals surface area (Å²) in [5, 5.41) is 12.3. The fourth-order valence-electron chi connectivity index (χ4n) is 2.39. The number of carbonyl (C=O) groups is 2. The Bertz CT molecular complexity index is 326. The molecule has 21 heavy (non-hydrogen) atoms. The second kappa shape index (κ2) is 9.03. The molecule has 0 unspecified atom stereocenters. The van der Waals surface area contributed by atoms with Crippen LogP contribution >= 0.6 is 0 Å². The molecule has 0 aromatic carbocycles. The third kappa shape index (κ3) is 6.46. The van der Waals surface area contributed by atoms with E-state index in [-0.39, 0.29) is 12.5 Å². The number of nitrogens with one attached hydrogen (secondary N) is 1. The van der Waals surface area contributed by atoms with Crippen LogP contribution in [0.15, 0.2) is 0 Å². The van der Waals surface area contributed by atoms with Crippen LogP contribution in [0, 0.1) is 11.8 Å². The van der Waals surface area contributed by atoms with Crippen LogP contribution in [0.3, 0.4) is 0 Å². The average molecular weight is 300 g/mol. The number of carbonyl (C=O) groups excluding carboxylic acids is 1. The molecule has 5 nitrogen and oxygen atoms in total. The lowest BCUT2D eigenvalue weighted by atomic mass is 9.93. The molecule has 0 aromatic rings. The van der Waals surface area contributed by atoms with Gasteiger partial charge in [-0.05, 0) is 24.7 Å². The normalized spacial score (nSPS) is 12.0. The summed E-state index contributed by atoms with van der Waals surface area (Å²) in [7, 11) is 0. The smallest absolute Gasteiger partial charge is 0.323 e. The van der Waals surface area contributed by atoms with Crippen molar-refractivity contribution in [3.8, 4) is 0 Å². The number of amides is 1. The van der Waals surface area contributed by atoms with E-state index in [0.29, 0.717) is 37.8 Å². The first-order valence-corrected chi connectivity index (χ1v) is 7.94. The van der Waals surface area contributed by atoms with E-state index in [2.05, 4.69) is 33.0 Å². The van der Waals surface area contributed by atoms with Crippen LogP contribution in [-0.4, -0.2) is 47.1 Å². The number of carboxylic acid groups (broad SMARTS) is 1. The fraction of sp³-hybridized carbons (Fsp3) is 0.875. The lowest BCUT2D eigenvalue weighted by molar-refractivity contribution is -0.145. The van der Waals surface area contributed by atoms with Gasteiger partial charge in [0.25, 0.3) is 0 Å². The zero-order valence-corrected chi connectivity index (χ0v) is 14.4. The van der Waals surface area contributed by atoms with Crippen molar-refractivity contribution >= 4 is 11.9 Å². The van der Waals surface area contributed by atoms with Gasteiger partial charge in [-0.25, -0.2) is 0 Å². The fourth-order valence-corrected chi connectivity index (χ4v) is 2.39. The molecule has 0 heterocycles. The zero-order chi connectivity index (χ0) is 16.6. The van der Waals surface area contributed by atoms with Gasteiger partial charge in [0.2, 0.25) is 5.91 Å². The molecule has 0 spiro atoms. The molecular formula is C16H32N2O3. The van der Waals surface area contributed by atoms with Crippen LogP contribution in [0.2, 0.25) is 0 Å². The summed E-state index contributed by atoms with van der Waals surface area (Å²) in [4.78, 5) is 25.7. The van der Waals surface area contributed by atoms with Crippen LogP contribution in [-0.2, 0) is 9.59 Å². The quantitative estimate of drug-likeness (QED) is 0.650. The standard InChI is InChI=1S/C16H32N2O3/c1-7-16(8-2,15(20)21)17-9-14(19)18(10-12(3)4)11-13(5)6/h12-13,17H,7-11H2,1-6H3,(H,20,21). The van der Waals surface area contributed by atoms with Crippen molar-refractivity contribution in [2.75, 3.05) is 19.6 Å². The Morgan fingerprint density at radius 1 is 1.05 bits per heavy atom. The van der Waals surface area contributed by atoms with E-state index in [9.17, 15) is 14.7 Å². The third-order valence-electron chi connectivity index (χ3n) is 3.72. The van der Waals surface area contributed by atoms with Gasteiger partial charge in [-0.2, -0.15) is 0 Å². The maximum atomic E-state index is 12.4. The molecule has 5 heteroatoms. The summed E-state index contributed by atoms with van der Waals surface area (Å²) < 4.78 is 0. The minimum Gasteiger partial charge on any atom is -0.480 e. The molecule has 0 bridgehead atoms. The molecule has 1 amide bonds. The van der Waals surface area contributed by atoms with Gasteiger partial charge in [0.15, 0.2) is 0 Å². The number of carboxylic acids is 1. The molecule has 0 saturated carbocycles. The van der Waals surface area contributed by atoms with Crippen molar-refractivity contribution in [3.63, 3.8) is 0 Å². The Morgan fingerprint density at radius 3 is 1.76 bits per heavy atom. The number of hydrogen-bond donors (Lipinski definition) is 2. The van der Waals surface area contributed by atoms with Crippen LogP contribution in [0.5, 0.6) is 0 Å². The molecule has 124 valence electrons. The van der Waals surface area contributed by atoms with Crippen molar-refractivity contribution < 1.29 is 14.7 Å². The van der Waals surface area contributed by atoms with Gasteiger partial charge >= 0.3 is 5.97 Å². The van der Waals surface area contributed by atoms with Gasteiger partial charge in [0, 0.05) is 13.1 Å². The van der Waals surface area contributed by atoms with Gasteiger partial charge in [0.1, 0.15) is 5.54 Å². The minimum absolute atomic E-state index is 0.0232. The lowest BCUT2D eigenvalue weighted by Crippen LogP contribution is -2.55. The molecule has 0 atom stereocenters. The van der Waals surface area contributed by atoms with Crippen molar-refractivity contribution in [3.05, 3.63) is 0 Å². The first kappa shape index (κ1) is 19.9. The number of hydrogen-bond acceptors (Lipinski definition) is 3. The summed E-state index contributed by atoms with van der Waals surface area (Å²) in [5.41, 5.74) is -1.00. The van der Waals surface area contributed by atoms with Gasteiger partial charge in [-0.15, -0.1) is 0 Å². The molecular weight excluding hydrogens is 268 g/mol. The highest BCUT2D eigenvalue weighted by Crippen LogP contribution is 2.15. The Labute approximate surface area is 129 Å². The molecule has 0 aliphatic heterocycles. The maximum absolute atomic E-state index is 12.4. The molecule has 2 N–H and O–H groups in total. The Kier molecular flexibility index (Phi) is 8.55. The Balaban J connectivity index is 4.78. The first-order chi connectivity index (χ1) is 9.68. The van der Waals surface area contributed by atoms with Gasteiger partial charge in [0.05, 0.1) is 6.54 Å². The predicted molar refractivity (Wildman–Crippen MR) is 85.2 cm³/mol. The lowest BCUT2D eigenvalue weighted by Gasteiger charge is -2.31. The number of nitrogens with zero attached hydrogens (tertiary/aromatic N) is 1. The molecule has 0 aliphatic rings. The zero-order valence-electron chi connectivity index (χ0n) is 14.4. The Morgan fingerprint density at radius 2 is 1.48 bits per heavy atom. The summed E-state index contributed by atoms with van der Waals surface area (Å²) in [6, 6.07) is 0. The highest BCUT2D eigenvalue weighted by Gasteiger charge is 2.35. The second-order valence-corrected chi connectivity index (χ2v) is 6.53.